The van der Waals surface area contributed by atoms with E-state index in [1.165, 1.54) is 0 Å². The van der Waals surface area contributed by atoms with Gasteiger partial charge >= 0.3 is 0 Å². The van der Waals surface area contributed by atoms with Crippen molar-refractivity contribution in [3.8, 4) is 0 Å². The average molecular weight is 263 g/mol. The van der Waals surface area contributed by atoms with Gasteiger partial charge in [0.2, 0.25) is 0 Å². The Labute approximate surface area is 113 Å². The quantitative estimate of drug-likeness (QED) is 0.671. The molecule has 104 valence electrons. The van der Waals surface area contributed by atoms with Crippen molar-refractivity contribution in [1.29, 1.82) is 0 Å². The normalized spacial score (nSPS) is 23.4. The molecule has 0 aromatic heterocycles. The molecule has 1 aromatic carbocycles. The predicted octanol–water partition coefficient (Wildman–Crippen LogP) is 2.47. The van der Waals surface area contributed by atoms with E-state index in [1.54, 1.807) is 13.0 Å². The van der Waals surface area contributed by atoms with Gasteiger partial charge in [0.1, 0.15) is 0 Å². The highest BCUT2D eigenvalue weighted by molar-refractivity contribution is 5.55. The van der Waals surface area contributed by atoms with E-state index in [0.717, 1.165) is 31.6 Å². The zero-order valence-electron chi connectivity index (χ0n) is 11.5. The van der Waals surface area contributed by atoms with Crippen LogP contribution in [0.4, 0.5) is 11.4 Å². The minimum atomic E-state index is -0.333. The van der Waals surface area contributed by atoms with Crippen molar-refractivity contribution in [1.82, 2.24) is 0 Å². The van der Waals surface area contributed by atoms with Gasteiger partial charge in [0, 0.05) is 36.4 Å². The van der Waals surface area contributed by atoms with E-state index in [2.05, 4.69) is 11.8 Å². The summed E-state index contributed by atoms with van der Waals surface area (Å²) >= 11 is 0. The van der Waals surface area contributed by atoms with Gasteiger partial charge in [-0.25, -0.2) is 0 Å². The molecule has 2 N–H and O–H groups in total. The lowest BCUT2D eigenvalue weighted by atomic mass is 9.90. The highest BCUT2D eigenvalue weighted by Gasteiger charge is 2.26. The Morgan fingerprint density at radius 3 is 2.84 bits per heavy atom. The van der Waals surface area contributed by atoms with Crippen LogP contribution in [0.1, 0.15) is 25.3 Å². The first-order chi connectivity index (χ1) is 9.02. The van der Waals surface area contributed by atoms with E-state index in [4.69, 9.17) is 5.73 Å². The summed E-state index contributed by atoms with van der Waals surface area (Å²) in [4.78, 5) is 12.8. The fraction of sp³-hybridized carbons (Fsp3) is 0.571. The van der Waals surface area contributed by atoms with Crippen LogP contribution in [0.15, 0.2) is 18.2 Å². The number of nitro benzene ring substituents is 1. The molecule has 0 spiro atoms. The van der Waals surface area contributed by atoms with Crippen LogP contribution in [0.2, 0.25) is 0 Å². The van der Waals surface area contributed by atoms with Crippen molar-refractivity contribution < 1.29 is 4.92 Å². The van der Waals surface area contributed by atoms with Gasteiger partial charge in [0.15, 0.2) is 0 Å². The third-order valence-electron chi connectivity index (χ3n) is 4.06. The Kier molecular flexibility index (Phi) is 4.04. The second-order valence-corrected chi connectivity index (χ2v) is 5.29. The van der Waals surface area contributed by atoms with Gasteiger partial charge in [-0.15, -0.1) is 0 Å². The van der Waals surface area contributed by atoms with Crippen LogP contribution in [-0.2, 0) is 0 Å². The van der Waals surface area contributed by atoms with E-state index in [0.29, 0.717) is 11.5 Å². The molecule has 1 fully saturated rings. The number of anilines is 1. The van der Waals surface area contributed by atoms with Crippen molar-refractivity contribution in [3.63, 3.8) is 0 Å². The van der Waals surface area contributed by atoms with Gasteiger partial charge in [-0.1, -0.05) is 13.3 Å². The van der Waals surface area contributed by atoms with Crippen molar-refractivity contribution in [2.75, 3.05) is 18.0 Å². The van der Waals surface area contributed by atoms with Gasteiger partial charge in [-0.2, -0.15) is 0 Å². The Balaban J connectivity index is 2.18. The molecular formula is C14H21N3O2. The van der Waals surface area contributed by atoms with E-state index in [9.17, 15) is 10.1 Å². The van der Waals surface area contributed by atoms with E-state index < -0.39 is 0 Å². The number of hydrogen-bond acceptors (Lipinski definition) is 4. The van der Waals surface area contributed by atoms with E-state index in [-0.39, 0.29) is 16.7 Å². The van der Waals surface area contributed by atoms with Crippen LogP contribution in [0, 0.1) is 23.0 Å². The minimum absolute atomic E-state index is 0.185. The third-order valence-corrected chi connectivity index (χ3v) is 4.06. The molecule has 2 rings (SSSR count). The molecule has 0 amide bonds. The third kappa shape index (κ3) is 2.87. The molecule has 0 bridgehead atoms. The molecular weight excluding hydrogens is 242 g/mol. The van der Waals surface area contributed by atoms with Crippen molar-refractivity contribution in [2.45, 2.75) is 32.7 Å². The molecule has 0 radical (unpaired) electrons. The maximum atomic E-state index is 10.8. The van der Waals surface area contributed by atoms with Crippen LogP contribution in [0.25, 0.3) is 0 Å². The van der Waals surface area contributed by atoms with Crippen molar-refractivity contribution in [2.24, 2.45) is 11.7 Å². The average Bonchev–Trinajstić information content (AvgIpc) is 2.38. The molecule has 2 atom stereocenters. The summed E-state index contributed by atoms with van der Waals surface area (Å²) in [6.45, 7) is 5.81. The number of hydrogen-bond donors (Lipinski definition) is 1. The summed E-state index contributed by atoms with van der Waals surface area (Å²) in [6.07, 6.45) is 2.05. The second-order valence-electron chi connectivity index (χ2n) is 5.29. The molecule has 0 saturated carbocycles. The van der Waals surface area contributed by atoms with Gasteiger partial charge in [0.25, 0.3) is 5.69 Å². The Hall–Kier alpha value is -1.62. The highest BCUT2D eigenvalue weighted by Crippen LogP contribution is 2.28. The molecule has 1 heterocycles. The molecule has 2 unspecified atom stereocenters. The van der Waals surface area contributed by atoms with E-state index in [1.807, 2.05) is 12.1 Å². The zero-order valence-corrected chi connectivity index (χ0v) is 11.5. The number of piperidine rings is 1. The molecule has 1 saturated heterocycles. The molecule has 5 heteroatoms. The van der Waals surface area contributed by atoms with Crippen LogP contribution in [0.3, 0.4) is 0 Å². The summed E-state index contributed by atoms with van der Waals surface area (Å²) in [5, 5.41) is 10.8. The predicted molar refractivity (Wildman–Crippen MR) is 76.4 cm³/mol. The summed E-state index contributed by atoms with van der Waals surface area (Å²) in [6, 6.07) is 5.62. The summed E-state index contributed by atoms with van der Waals surface area (Å²) in [5.41, 5.74) is 8.07. The van der Waals surface area contributed by atoms with Crippen LogP contribution >= 0.6 is 0 Å². The fourth-order valence-corrected chi connectivity index (χ4v) is 2.76. The van der Waals surface area contributed by atoms with Crippen molar-refractivity contribution >= 4 is 11.4 Å². The van der Waals surface area contributed by atoms with E-state index >= 15 is 0 Å². The maximum absolute atomic E-state index is 10.8. The van der Waals surface area contributed by atoms with Crippen LogP contribution < -0.4 is 10.6 Å². The highest BCUT2D eigenvalue weighted by atomic mass is 16.6. The molecule has 0 aliphatic carbocycles. The monoisotopic (exact) mass is 263 g/mol. The summed E-state index contributed by atoms with van der Waals surface area (Å²) in [7, 11) is 0. The second kappa shape index (κ2) is 5.57. The van der Waals surface area contributed by atoms with Gasteiger partial charge in [-0.05, 0) is 31.4 Å². The number of aryl methyl sites for hydroxylation is 1. The van der Waals surface area contributed by atoms with Gasteiger partial charge in [0.05, 0.1) is 4.92 Å². The molecule has 19 heavy (non-hydrogen) atoms. The molecule has 1 aliphatic heterocycles. The lowest BCUT2D eigenvalue weighted by molar-refractivity contribution is -0.385. The molecule has 1 aliphatic rings. The first-order valence-electron chi connectivity index (χ1n) is 6.78. The number of nitro groups is 1. The maximum Gasteiger partial charge on any atom is 0.272 e. The fourth-order valence-electron chi connectivity index (χ4n) is 2.76. The lowest BCUT2D eigenvalue weighted by Gasteiger charge is -2.38. The molecule has 5 nitrogen and oxygen atoms in total. The SMILES string of the molecule is CCC1CN(c2ccc([N+](=O)[O-])c(C)c2)CCC1N. The Bertz CT molecular complexity index is 476. The number of rotatable bonds is 3. The zero-order chi connectivity index (χ0) is 14.0. The Morgan fingerprint density at radius 2 is 2.26 bits per heavy atom. The smallest absolute Gasteiger partial charge is 0.272 e. The van der Waals surface area contributed by atoms with Crippen LogP contribution in [0.5, 0.6) is 0 Å². The Morgan fingerprint density at radius 1 is 1.53 bits per heavy atom. The lowest BCUT2D eigenvalue weighted by Crippen LogP contribution is -2.46. The summed E-state index contributed by atoms with van der Waals surface area (Å²) < 4.78 is 0. The van der Waals surface area contributed by atoms with Gasteiger partial charge < -0.3 is 10.6 Å². The summed E-state index contributed by atoms with van der Waals surface area (Å²) in [5.74, 6) is 0.504. The number of benzene rings is 1. The minimum Gasteiger partial charge on any atom is -0.371 e. The number of nitrogens with two attached hydrogens (primary N) is 1. The largest absolute Gasteiger partial charge is 0.371 e. The van der Waals surface area contributed by atoms with Crippen molar-refractivity contribution in [3.05, 3.63) is 33.9 Å². The molecule has 1 aromatic rings. The van der Waals surface area contributed by atoms with Gasteiger partial charge in [-0.3, -0.25) is 10.1 Å². The first-order valence-corrected chi connectivity index (χ1v) is 6.78. The number of nitrogens with zero attached hydrogens (tertiary/aromatic N) is 2. The first kappa shape index (κ1) is 13.8. The van der Waals surface area contributed by atoms with Crippen LogP contribution in [-0.4, -0.2) is 24.1 Å². The standard InChI is InChI=1S/C14H21N3O2/c1-3-11-9-16(7-6-13(11)15)12-4-5-14(17(18)19)10(2)8-12/h4-5,8,11,13H,3,6-7,9,15H2,1-2H3. The topological polar surface area (TPSA) is 72.4 Å².